The van der Waals surface area contributed by atoms with Crippen LogP contribution >= 0.6 is 0 Å². The second-order valence-corrected chi connectivity index (χ2v) is 2.95. The lowest BCUT2D eigenvalue weighted by Crippen LogP contribution is -1.90. The Hall–Kier alpha value is -2.43. The molecule has 2 aromatic rings. The summed E-state index contributed by atoms with van der Waals surface area (Å²) in [5.74, 6) is 0.626. The highest BCUT2D eigenvalue weighted by Gasteiger charge is 1.98. The van der Waals surface area contributed by atoms with Crippen molar-refractivity contribution in [2.24, 2.45) is 5.16 Å². The second-order valence-electron chi connectivity index (χ2n) is 2.95. The molecule has 5 nitrogen and oxygen atoms in total. The average Bonchev–Trinajstić information content (AvgIpc) is 2.33. The van der Waals surface area contributed by atoms with Crippen LogP contribution in [0.2, 0.25) is 0 Å². The molecule has 0 aliphatic heterocycles. The van der Waals surface area contributed by atoms with E-state index in [1.807, 2.05) is 0 Å². The molecule has 80 valence electrons. The summed E-state index contributed by atoms with van der Waals surface area (Å²) in [6.07, 6.45) is 4.55. The van der Waals surface area contributed by atoms with Gasteiger partial charge in [0.15, 0.2) is 0 Å². The van der Waals surface area contributed by atoms with E-state index in [0.29, 0.717) is 11.8 Å². The fraction of sp³-hybridized carbons (Fsp3) is 0. The fourth-order valence-electron chi connectivity index (χ4n) is 1.13. The van der Waals surface area contributed by atoms with E-state index >= 15 is 0 Å². The Bertz CT molecular complexity index is 468. The molecule has 0 atom stereocenters. The van der Waals surface area contributed by atoms with E-state index in [0.717, 1.165) is 5.56 Å². The number of hydrogen-bond donors (Lipinski definition) is 1. The standard InChI is InChI=1S/C11H9N3O2/c15-14-8-9-2-4-10(5-3-9)16-11-12-6-1-7-13-11/h1-8,15H/b14-8-. The van der Waals surface area contributed by atoms with Gasteiger partial charge >= 0.3 is 6.01 Å². The van der Waals surface area contributed by atoms with E-state index in [4.69, 9.17) is 9.94 Å². The fourth-order valence-corrected chi connectivity index (χ4v) is 1.13. The molecular formula is C11H9N3O2. The summed E-state index contributed by atoms with van der Waals surface area (Å²) in [7, 11) is 0. The number of oxime groups is 1. The van der Waals surface area contributed by atoms with Crippen LogP contribution in [0.5, 0.6) is 11.8 Å². The lowest BCUT2D eigenvalue weighted by molar-refractivity contribution is 0.322. The first kappa shape index (κ1) is 10.1. The highest BCUT2D eigenvalue weighted by Crippen LogP contribution is 2.16. The summed E-state index contributed by atoms with van der Waals surface area (Å²) in [6, 6.07) is 9.02. The van der Waals surface area contributed by atoms with Gasteiger partial charge in [-0.05, 0) is 35.9 Å². The molecule has 16 heavy (non-hydrogen) atoms. The largest absolute Gasteiger partial charge is 0.424 e. The van der Waals surface area contributed by atoms with Crippen molar-refractivity contribution in [3.8, 4) is 11.8 Å². The normalized spacial score (nSPS) is 10.5. The van der Waals surface area contributed by atoms with Crippen molar-refractivity contribution in [3.05, 3.63) is 48.3 Å². The SMILES string of the molecule is O/N=C\c1ccc(Oc2ncccn2)cc1. The van der Waals surface area contributed by atoms with Crippen LogP contribution in [-0.2, 0) is 0 Å². The van der Waals surface area contributed by atoms with Gasteiger partial charge in [-0.1, -0.05) is 5.16 Å². The molecule has 2 rings (SSSR count). The number of nitrogens with zero attached hydrogens (tertiary/aromatic N) is 3. The smallest absolute Gasteiger partial charge is 0.321 e. The van der Waals surface area contributed by atoms with E-state index < -0.39 is 0 Å². The van der Waals surface area contributed by atoms with Crippen LogP contribution in [-0.4, -0.2) is 21.4 Å². The van der Waals surface area contributed by atoms with Crippen molar-refractivity contribution in [2.75, 3.05) is 0 Å². The van der Waals surface area contributed by atoms with E-state index in [1.54, 1.807) is 42.7 Å². The predicted octanol–water partition coefficient (Wildman–Crippen LogP) is 2.08. The number of rotatable bonds is 3. The van der Waals surface area contributed by atoms with Crippen molar-refractivity contribution in [1.82, 2.24) is 9.97 Å². The second kappa shape index (κ2) is 4.88. The molecule has 0 saturated carbocycles. The molecule has 5 heteroatoms. The summed E-state index contributed by atoms with van der Waals surface area (Å²) >= 11 is 0. The summed E-state index contributed by atoms with van der Waals surface area (Å²) in [5.41, 5.74) is 0.781. The zero-order valence-corrected chi connectivity index (χ0v) is 8.32. The minimum Gasteiger partial charge on any atom is -0.424 e. The molecule has 1 heterocycles. The average molecular weight is 215 g/mol. The van der Waals surface area contributed by atoms with Crippen molar-refractivity contribution >= 4 is 6.21 Å². The lowest BCUT2D eigenvalue weighted by Gasteiger charge is -2.02. The first-order valence-electron chi connectivity index (χ1n) is 4.61. The van der Waals surface area contributed by atoms with Gasteiger partial charge in [0.1, 0.15) is 5.75 Å². The number of hydrogen-bond acceptors (Lipinski definition) is 5. The van der Waals surface area contributed by atoms with E-state index in [2.05, 4.69) is 15.1 Å². The summed E-state index contributed by atoms with van der Waals surface area (Å²) in [6.45, 7) is 0. The Kier molecular flexibility index (Phi) is 3.08. The van der Waals surface area contributed by atoms with Crippen LogP contribution in [0.4, 0.5) is 0 Å². The molecule has 0 spiro atoms. The Morgan fingerprint density at radius 2 is 1.81 bits per heavy atom. The van der Waals surface area contributed by atoms with Crippen molar-refractivity contribution in [1.29, 1.82) is 0 Å². The van der Waals surface area contributed by atoms with Crippen LogP contribution in [0.3, 0.4) is 0 Å². The zero-order chi connectivity index (χ0) is 11.2. The molecular weight excluding hydrogens is 206 g/mol. The minimum absolute atomic E-state index is 0.297. The number of aromatic nitrogens is 2. The predicted molar refractivity (Wildman–Crippen MR) is 57.9 cm³/mol. The first-order valence-corrected chi connectivity index (χ1v) is 4.61. The Morgan fingerprint density at radius 3 is 2.44 bits per heavy atom. The topological polar surface area (TPSA) is 67.6 Å². The van der Waals surface area contributed by atoms with E-state index in [9.17, 15) is 0 Å². The van der Waals surface area contributed by atoms with Gasteiger partial charge in [0.25, 0.3) is 0 Å². The van der Waals surface area contributed by atoms with Crippen LogP contribution in [0.1, 0.15) is 5.56 Å². The maximum atomic E-state index is 8.34. The highest BCUT2D eigenvalue weighted by molar-refractivity contribution is 5.79. The van der Waals surface area contributed by atoms with E-state index in [-0.39, 0.29) is 0 Å². The Labute approximate surface area is 92.0 Å². The summed E-state index contributed by atoms with van der Waals surface area (Å²) in [4.78, 5) is 7.87. The van der Waals surface area contributed by atoms with Crippen LogP contribution < -0.4 is 4.74 Å². The van der Waals surface area contributed by atoms with Gasteiger partial charge in [0.05, 0.1) is 6.21 Å². The monoisotopic (exact) mass is 215 g/mol. The quantitative estimate of drug-likeness (QED) is 0.483. The summed E-state index contributed by atoms with van der Waals surface area (Å²) < 4.78 is 5.38. The molecule has 0 fully saturated rings. The summed E-state index contributed by atoms with van der Waals surface area (Å²) in [5, 5.41) is 11.3. The van der Waals surface area contributed by atoms with Crippen LogP contribution in [0.15, 0.2) is 47.9 Å². The number of benzene rings is 1. The molecule has 1 aromatic carbocycles. The maximum Gasteiger partial charge on any atom is 0.321 e. The van der Waals surface area contributed by atoms with Gasteiger partial charge < -0.3 is 9.94 Å². The van der Waals surface area contributed by atoms with Crippen molar-refractivity contribution < 1.29 is 9.94 Å². The lowest BCUT2D eigenvalue weighted by atomic mass is 10.2. The minimum atomic E-state index is 0.297. The van der Waals surface area contributed by atoms with Gasteiger partial charge in [0, 0.05) is 12.4 Å². The molecule has 1 aromatic heterocycles. The Morgan fingerprint density at radius 1 is 1.12 bits per heavy atom. The van der Waals surface area contributed by atoms with Gasteiger partial charge in [0.2, 0.25) is 0 Å². The molecule has 1 N–H and O–H groups in total. The van der Waals surface area contributed by atoms with Crippen LogP contribution in [0, 0.1) is 0 Å². The zero-order valence-electron chi connectivity index (χ0n) is 8.32. The van der Waals surface area contributed by atoms with Gasteiger partial charge in [-0.15, -0.1) is 0 Å². The molecule has 0 amide bonds. The third kappa shape index (κ3) is 2.54. The van der Waals surface area contributed by atoms with E-state index in [1.165, 1.54) is 6.21 Å². The van der Waals surface area contributed by atoms with Gasteiger partial charge in [-0.3, -0.25) is 0 Å². The highest BCUT2D eigenvalue weighted by atomic mass is 16.5. The first-order chi connectivity index (χ1) is 7.88. The Balaban J connectivity index is 2.11. The van der Waals surface area contributed by atoms with Crippen molar-refractivity contribution in [2.45, 2.75) is 0 Å². The molecule has 0 saturated heterocycles. The molecule has 0 bridgehead atoms. The third-order valence-corrected chi connectivity index (χ3v) is 1.84. The van der Waals surface area contributed by atoms with Gasteiger partial charge in [-0.25, -0.2) is 9.97 Å². The number of ether oxygens (including phenoxy) is 1. The maximum absolute atomic E-state index is 8.34. The van der Waals surface area contributed by atoms with Crippen LogP contribution in [0.25, 0.3) is 0 Å². The van der Waals surface area contributed by atoms with Gasteiger partial charge in [-0.2, -0.15) is 0 Å². The van der Waals surface area contributed by atoms with Crippen molar-refractivity contribution in [3.63, 3.8) is 0 Å². The third-order valence-electron chi connectivity index (χ3n) is 1.84. The molecule has 0 radical (unpaired) electrons. The molecule has 0 aliphatic rings. The molecule has 0 unspecified atom stereocenters. The molecule has 0 aliphatic carbocycles.